The van der Waals surface area contributed by atoms with E-state index in [-0.39, 0.29) is 0 Å². The molecule has 2 aromatic rings. The van der Waals surface area contributed by atoms with E-state index in [2.05, 4.69) is 20.3 Å². The molecule has 1 fully saturated rings. The molecule has 1 saturated heterocycles. The van der Waals surface area contributed by atoms with Gasteiger partial charge in [-0.05, 0) is 18.9 Å². The third-order valence-corrected chi connectivity index (χ3v) is 3.32. The fraction of sp³-hybridized carbons (Fsp3) is 0.500. The van der Waals surface area contributed by atoms with Crippen LogP contribution in [-0.4, -0.2) is 40.7 Å². The van der Waals surface area contributed by atoms with Gasteiger partial charge in [0.1, 0.15) is 11.2 Å². The largest absolute Gasteiger partial charge is 0.480 e. The minimum Gasteiger partial charge on any atom is -0.480 e. The third-order valence-electron chi connectivity index (χ3n) is 3.32. The van der Waals surface area contributed by atoms with Crippen molar-refractivity contribution in [2.75, 3.05) is 20.3 Å². The zero-order valence-corrected chi connectivity index (χ0v) is 11.1. The van der Waals surface area contributed by atoms with Gasteiger partial charge in [0.2, 0.25) is 17.6 Å². The summed E-state index contributed by atoms with van der Waals surface area (Å²) in [5.74, 6) is 1.21. The number of ether oxygens (including phenoxy) is 2. The molecule has 2 N–H and O–H groups in total. The van der Waals surface area contributed by atoms with Crippen LogP contribution in [0.4, 0.5) is 0 Å². The number of aromatic nitrogens is 4. The maximum absolute atomic E-state index is 6.29. The van der Waals surface area contributed by atoms with E-state index < -0.39 is 5.54 Å². The summed E-state index contributed by atoms with van der Waals surface area (Å²) in [4.78, 5) is 4.33. The molecule has 8 heteroatoms. The summed E-state index contributed by atoms with van der Waals surface area (Å²) < 4.78 is 15.5. The van der Waals surface area contributed by atoms with E-state index in [0.29, 0.717) is 49.3 Å². The van der Waals surface area contributed by atoms with Gasteiger partial charge >= 0.3 is 0 Å². The molecule has 0 saturated carbocycles. The van der Waals surface area contributed by atoms with Crippen LogP contribution in [-0.2, 0) is 10.3 Å². The minimum absolute atomic E-state index is 0.367. The van der Waals surface area contributed by atoms with Gasteiger partial charge < -0.3 is 19.7 Å². The van der Waals surface area contributed by atoms with Crippen molar-refractivity contribution in [2.24, 2.45) is 5.73 Å². The molecule has 0 aromatic carbocycles. The Morgan fingerprint density at radius 3 is 2.70 bits per heavy atom. The maximum atomic E-state index is 6.29. The predicted molar refractivity (Wildman–Crippen MR) is 67.8 cm³/mol. The van der Waals surface area contributed by atoms with E-state index in [4.69, 9.17) is 19.7 Å². The lowest BCUT2D eigenvalue weighted by Crippen LogP contribution is -2.42. The van der Waals surface area contributed by atoms with E-state index in [1.807, 2.05) is 0 Å². The highest BCUT2D eigenvalue weighted by Crippen LogP contribution is 2.29. The molecule has 3 heterocycles. The van der Waals surface area contributed by atoms with Crippen LogP contribution in [0.15, 0.2) is 16.7 Å². The van der Waals surface area contributed by atoms with Crippen molar-refractivity contribution in [3.05, 3.63) is 18.0 Å². The summed E-state index contributed by atoms with van der Waals surface area (Å²) >= 11 is 0. The zero-order chi connectivity index (χ0) is 14.0. The lowest BCUT2D eigenvalue weighted by molar-refractivity contribution is 0.0400. The van der Waals surface area contributed by atoms with E-state index in [1.165, 1.54) is 7.11 Å². The van der Waals surface area contributed by atoms with Gasteiger partial charge in [-0.15, -0.1) is 10.2 Å². The molecule has 1 aliphatic heterocycles. The molecule has 8 nitrogen and oxygen atoms in total. The van der Waals surface area contributed by atoms with Gasteiger partial charge in [-0.1, -0.05) is 5.16 Å². The SMILES string of the molecule is COc1ccc(-c2noc(C3(N)CCOCC3)n2)nn1. The Kier molecular flexibility index (Phi) is 3.33. The fourth-order valence-corrected chi connectivity index (χ4v) is 2.03. The van der Waals surface area contributed by atoms with Crippen LogP contribution < -0.4 is 10.5 Å². The topological polar surface area (TPSA) is 109 Å². The lowest BCUT2D eigenvalue weighted by Gasteiger charge is -2.29. The average molecular weight is 277 g/mol. The normalized spacial score (nSPS) is 17.9. The predicted octanol–water partition coefficient (Wildman–Crippen LogP) is 0.500. The molecule has 0 atom stereocenters. The van der Waals surface area contributed by atoms with E-state index in [9.17, 15) is 0 Å². The van der Waals surface area contributed by atoms with Crippen LogP contribution in [0, 0.1) is 0 Å². The van der Waals surface area contributed by atoms with Crippen LogP contribution in [0.5, 0.6) is 5.88 Å². The van der Waals surface area contributed by atoms with Gasteiger partial charge in [-0.2, -0.15) is 4.98 Å². The molecule has 0 radical (unpaired) electrons. The quantitative estimate of drug-likeness (QED) is 0.863. The number of methoxy groups -OCH3 is 1. The van der Waals surface area contributed by atoms with Crippen molar-refractivity contribution in [3.63, 3.8) is 0 Å². The molecule has 0 amide bonds. The average Bonchev–Trinajstić information content (AvgIpc) is 2.99. The molecule has 1 aliphatic rings. The second-order valence-corrected chi connectivity index (χ2v) is 4.65. The lowest BCUT2D eigenvalue weighted by atomic mass is 9.91. The number of hydrogen-bond acceptors (Lipinski definition) is 8. The van der Waals surface area contributed by atoms with Crippen molar-refractivity contribution < 1.29 is 14.0 Å². The molecular formula is C12H15N5O3. The standard InChI is InChI=1S/C12H15N5O3/c1-18-9-3-2-8(15-16-9)10-14-11(20-17-10)12(13)4-6-19-7-5-12/h2-3H,4-7,13H2,1H3. The second kappa shape index (κ2) is 5.14. The highest BCUT2D eigenvalue weighted by Gasteiger charge is 2.36. The van der Waals surface area contributed by atoms with Gasteiger partial charge in [-0.3, -0.25) is 0 Å². The first-order chi connectivity index (χ1) is 9.71. The molecule has 3 rings (SSSR count). The van der Waals surface area contributed by atoms with E-state index in [0.717, 1.165) is 0 Å². The molecule has 0 spiro atoms. The number of nitrogens with two attached hydrogens (primary N) is 1. The Bertz CT molecular complexity index is 577. The number of nitrogens with zero attached hydrogens (tertiary/aromatic N) is 4. The van der Waals surface area contributed by atoms with Crippen molar-refractivity contribution >= 4 is 0 Å². The first kappa shape index (κ1) is 12.9. The maximum Gasteiger partial charge on any atom is 0.247 e. The molecule has 2 aromatic heterocycles. The molecule has 0 aliphatic carbocycles. The molecule has 20 heavy (non-hydrogen) atoms. The van der Waals surface area contributed by atoms with Gasteiger partial charge in [0, 0.05) is 19.3 Å². The summed E-state index contributed by atoms with van der Waals surface area (Å²) in [6.45, 7) is 1.19. The zero-order valence-electron chi connectivity index (χ0n) is 11.1. The first-order valence-electron chi connectivity index (χ1n) is 6.30. The van der Waals surface area contributed by atoms with Crippen LogP contribution in [0.3, 0.4) is 0 Å². The molecule has 0 bridgehead atoms. The molecular weight excluding hydrogens is 262 g/mol. The summed E-state index contributed by atoms with van der Waals surface area (Å²) in [6, 6.07) is 3.40. The van der Waals surface area contributed by atoms with Crippen LogP contribution in [0.2, 0.25) is 0 Å². The number of rotatable bonds is 3. The summed E-state index contributed by atoms with van der Waals surface area (Å²) in [6.07, 6.45) is 1.31. The van der Waals surface area contributed by atoms with E-state index in [1.54, 1.807) is 12.1 Å². The van der Waals surface area contributed by atoms with Gasteiger partial charge in [0.25, 0.3) is 0 Å². The second-order valence-electron chi connectivity index (χ2n) is 4.65. The van der Waals surface area contributed by atoms with Crippen LogP contribution in [0.1, 0.15) is 18.7 Å². The molecule has 106 valence electrons. The Balaban J connectivity index is 1.85. The summed E-state index contributed by atoms with van der Waals surface area (Å²) in [5.41, 5.74) is 6.17. The van der Waals surface area contributed by atoms with Gasteiger partial charge in [-0.25, -0.2) is 0 Å². The number of hydrogen-bond donors (Lipinski definition) is 1. The van der Waals surface area contributed by atoms with Gasteiger partial charge in [0.05, 0.1) is 7.11 Å². The van der Waals surface area contributed by atoms with Gasteiger partial charge in [0.15, 0.2) is 0 Å². The van der Waals surface area contributed by atoms with Crippen molar-refractivity contribution in [3.8, 4) is 17.4 Å². The Morgan fingerprint density at radius 1 is 1.25 bits per heavy atom. The fourth-order valence-electron chi connectivity index (χ4n) is 2.03. The van der Waals surface area contributed by atoms with Crippen molar-refractivity contribution in [2.45, 2.75) is 18.4 Å². The minimum atomic E-state index is -0.622. The third kappa shape index (κ3) is 2.35. The monoisotopic (exact) mass is 277 g/mol. The highest BCUT2D eigenvalue weighted by atomic mass is 16.5. The molecule has 0 unspecified atom stereocenters. The Labute approximate surface area is 115 Å². The summed E-state index contributed by atoms with van der Waals surface area (Å²) in [5, 5.41) is 11.8. The van der Waals surface area contributed by atoms with E-state index >= 15 is 0 Å². The summed E-state index contributed by atoms with van der Waals surface area (Å²) in [7, 11) is 1.53. The van der Waals surface area contributed by atoms with Crippen LogP contribution in [0.25, 0.3) is 11.5 Å². The first-order valence-corrected chi connectivity index (χ1v) is 6.30. The smallest absolute Gasteiger partial charge is 0.247 e. The Morgan fingerprint density at radius 2 is 2.05 bits per heavy atom. The Hall–Kier alpha value is -2.06. The van der Waals surface area contributed by atoms with Crippen LogP contribution >= 0.6 is 0 Å². The van der Waals surface area contributed by atoms with Crippen molar-refractivity contribution in [1.82, 2.24) is 20.3 Å². The highest BCUT2D eigenvalue weighted by molar-refractivity contribution is 5.47. The van der Waals surface area contributed by atoms with Crippen molar-refractivity contribution in [1.29, 1.82) is 0 Å².